The van der Waals surface area contributed by atoms with Crippen molar-refractivity contribution in [3.05, 3.63) is 92.9 Å². The maximum atomic E-state index is 13.8. The van der Waals surface area contributed by atoms with Crippen LogP contribution in [0.15, 0.2) is 59.8 Å². The number of hydrogen-bond donors (Lipinski definition) is 1. The number of carbonyl (C=O) groups excluding carboxylic acids is 1. The summed E-state index contributed by atoms with van der Waals surface area (Å²) in [6.45, 7) is 0.229. The SMILES string of the molecule is O=C(Cc1c(F)cccc1Cl)NCCn1ncc2c(=O)n(Cc3cccc(C(F)(F)F)c3)cnc21. The molecule has 0 spiro atoms. The van der Waals surface area contributed by atoms with Gasteiger partial charge in [0.25, 0.3) is 5.56 Å². The molecule has 0 aliphatic carbocycles. The minimum absolute atomic E-state index is 0.0917. The van der Waals surface area contributed by atoms with E-state index in [0.29, 0.717) is 5.56 Å². The van der Waals surface area contributed by atoms with Gasteiger partial charge in [-0.25, -0.2) is 14.1 Å². The fourth-order valence-electron chi connectivity index (χ4n) is 3.54. The molecule has 182 valence electrons. The van der Waals surface area contributed by atoms with Crippen molar-refractivity contribution in [1.29, 1.82) is 0 Å². The Morgan fingerprint density at radius 3 is 2.66 bits per heavy atom. The van der Waals surface area contributed by atoms with E-state index in [2.05, 4.69) is 15.4 Å². The Morgan fingerprint density at radius 1 is 1.14 bits per heavy atom. The number of carbonyl (C=O) groups is 1. The first-order chi connectivity index (χ1) is 16.6. The predicted molar refractivity (Wildman–Crippen MR) is 120 cm³/mol. The van der Waals surface area contributed by atoms with Gasteiger partial charge in [0.1, 0.15) is 17.5 Å². The van der Waals surface area contributed by atoms with Crippen molar-refractivity contribution in [2.24, 2.45) is 0 Å². The predicted octanol–water partition coefficient (Wildman–Crippen LogP) is 3.81. The van der Waals surface area contributed by atoms with Crippen LogP contribution in [-0.4, -0.2) is 31.8 Å². The highest BCUT2D eigenvalue weighted by atomic mass is 35.5. The van der Waals surface area contributed by atoms with Gasteiger partial charge in [-0.3, -0.25) is 14.2 Å². The first-order valence-electron chi connectivity index (χ1n) is 10.4. The van der Waals surface area contributed by atoms with E-state index in [4.69, 9.17) is 11.6 Å². The minimum atomic E-state index is -4.48. The van der Waals surface area contributed by atoms with Crippen molar-refractivity contribution in [2.45, 2.75) is 25.7 Å². The number of nitrogens with zero attached hydrogens (tertiary/aromatic N) is 4. The van der Waals surface area contributed by atoms with Gasteiger partial charge in [-0.15, -0.1) is 0 Å². The van der Waals surface area contributed by atoms with Crippen molar-refractivity contribution in [2.75, 3.05) is 6.54 Å². The zero-order valence-corrected chi connectivity index (χ0v) is 18.8. The van der Waals surface area contributed by atoms with Crippen LogP contribution in [-0.2, 0) is 30.5 Å². The fraction of sp³-hybridized carbons (Fsp3) is 0.217. The summed E-state index contributed by atoms with van der Waals surface area (Å²) in [6, 6.07) is 8.87. The summed E-state index contributed by atoms with van der Waals surface area (Å²) in [5, 5.41) is 7.10. The average molecular weight is 508 g/mol. The van der Waals surface area contributed by atoms with E-state index in [9.17, 15) is 27.2 Å². The van der Waals surface area contributed by atoms with E-state index < -0.39 is 29.0 Å². The normalized spacial score (nSPS) is 11.7. The van der Waals surface area contributed by atoms with E-state index in [1.807, 2.05) is 0 Å². The summed E-state index contributed by atoms with van der Waals surface area (Å²) in [4.78, 5) is 29.2. The van der Waals surface area contributed by atoms with Crippen LogP contribution in [0.1, 0.15) is 16.7 Å². The van der Waals surface area contributed by atoms with Crippen molar-refractivity contribution in [3.63, 3.8) is 0 Å². The van der Waals surface area contributed by atoms with Crippen LogP contribution in [0.2, 0.25) is 5.02 Å². The Labute approximate surface area is 201 Å². The zero-order valence-electron chi connectivity index (χ0n) is 18.0. The molecule has 2 aromatic heterocycles. The first kappa shape index (κ1) is 24.4. The van der Waals surface area contributed by atoms with Crippen LogP contribution in [0, 0.1) is 5.82 Å². The van der Waals surface area contributed by atoms with E-state index >= 15 is 0 Å². The number of halogens is 5. The second-order valence-corrected chi connectivity index (χ2v) is 8.11. The Morgan fingerprint density at radius 2 is 1.91 bits per heavy atom. The lowest BCUT2D eigenvalue weighted by Gasteiger charge is -2.10. The number of alkyl halides is 3. The summed E-state index contributed by atoms with van der Waals surface area (Å²) in [5.41, 5.74) is -0.602. The minimum Gasteiger partial charge on any atom is -0.354 e. The van der Waals surface area contributed by atoms with Crippen LogP contribution in [0.5, 0.6) is 0 Å². The molecule has 0 fully saturated rings. The molecular weight excluding hydrogens is 490 g/mol. The summed E-state index contributed by atoms with van der Waals surface area (Å²) in [6.07, 6.45) is -2.17. The molecule has 0 unspecified atom stereocenters. The molecule has 1 amide bonds. The number of rotatable bonds is 7. The molecule has 4 aromatic rings. The Balaban J connectivity index is 1.43. The lowest BCUT2D eigenvalue weighted by Crippen LogP contribution is -2.29. The fourth-order valence-corrected chi connectivity index (χ4v) is 3.77. The van der Waals surface area contributed by atoms with Crippen LogP contribution < -0.4 is 10.9 Å². The average Bonchev–Trinajstić information content (AvgIpc) is 3.22. The standard InChI is InChI=1S/C23H18ClF4N5O2/c24-18-5-2-6-19(25)16(18)10-20(34)29-7-8-33-21-17(11-31-33)22(35)32(13-30-21)12-14-3-1-4-15(9-14)23(26,27)28/h1-6,9,11,13H,7-8,10,12H2,(H,29,34). The molecule has 1 N–H and O–H groups in total. The monoisotopic (exact) mass is 507 g/mol. The number of amides is 1. The van der Waals surface area contributed by atoms with Crippen molar-refractivity contribution in [1.82, 2.24) is 24.6 Å². The summed E-state index contributed by atoms with van der Waals surface area (Å²) < 4.78 is 55.3. The van der Waals surface area contributed by atoms with Crippen molar-refractivity contribution in [3.8, 4) is 0 Å². The molecule has 2 heterocycles. The topological polar surface area (TPSA) is 81.8 Å². The van der Waals surface area contributed by atoms with Gasteiger partial charge in [0.15, 0.2) is 5.65 Å². The largest absolute Gasteiger partial charge is 0.416 e. The van der Waals surface area contributed by atoms with Gasteiger partial charge in [-0.2, -0.15) is 18.3 Å². The van der Waals surface area contributed by atoms with Gasteiger partial charge < -0.3 is 5.32 Å². The number of fused-ring (bicyclic) bond motifs is 1. The highest BCUT2D eigenvalue weighted by molar-refractivity contribution is 6.31. The van der Waals surface area contributed by atoms with Gasteiger partial charge >= 0.3 is 6.18 Å². The lowest BCUT2D eigenvalue weighted by atomic mass is 10.1. The van der Waals surface area contributed by atoms with Gasteiger partial charge in [-0.05, 0) is 29.8 Å². The molecule has 0 saturated heterocycles. The van der Waals surface area contributed by atoms with Crippen molar-refractivity contribution < 1.29 is 22.4 Å². The highest BCUT2D eigenvalue weighted by Gasteiger charge is 2.30. The molecule has 0 aliphatic heterocycles. The molecule has 0 aliphatic rings. The van der Waals surface area contributed by atoms with Crippen LogP contribution in [0.3, 0.4) is 0 Å². The second-order valence-electron chi connectivity index (χ2n) is 7.71. The highest BCUT2D eigenvalue weighted by Crippen LogP contribution is 2.29. The number of nitrogens with one attached hydrogen (secondary N) is 1. The molecule has 0 saturated carbocycles. The number of benzene rings is 2. The maximum Gasteiger partial charge on any atom is 0.416 e. The molecule has 4 rings (SSSR count). The van der Waals surface area contributed by atoms with Crippen molar-refractivity contribution >= 4 is 28.5 Å². The third-order valence-electron chi connectivity index (χ3n) is 5.27. The van der Waals surface area contributed by atoms with E-state index in [1.165, 1.54) is 52.1 Å². The zero-order chi connectivity index (χ0) is 25.2. The lowest BCUT2D eigenvalue weighted by molar-refractivity contribution is -0.137. The Hall–Kier alpha value is -3.73. The summed E-state index contributed by atoms with van der Waals surface area (Å²) >= 11 is 5.94. The first-order valence-corrected chi connectivity index (χ1v) is 10.8. The van der Waals surface area contributed by atoms with E-state index in [0.717, 1.165) is 12.1 Å². The third kappa shape index (κ3) is 5.51. The second kappa shape index (κ2) is 9.87. The van der Waals surface area contributed by atoms with Crippen LogP contribution in [0.25, 0.3) is 11.0 Å². The maximum absolute atomic E-state index is 13.8. The molecule has 2 aromatic carbocycles. The quantitative estimate of drug-likeness (QED) is 0.386. The van der Waals surface area contributed by atoms with E-state index in [-0.39, 0.29) is 47.7 Å². The molecular formula is C23H18ClF4N5O2. The van der Waals surface area contributed by atoms with E-state index in [1.54, 1.807) is 0 Å². The molecule has 0 bridgehead atoms. The van der Waals surface area contributed by atoms with Crippen LogP contribution >= 0.6 is 11.6 Å². The molecule has 0 atom stereocenters. The van der Waals surface area contributed by atoms with Gasteiger partial charge in [0.05, 0.1) is 31.3 Å². The summed E-state index contributed by atoms with van der Waals surface area (Å²) in [7, 11) is 0. The molecule has 7 nitrogen and oxygen atoms in total. The Kier molecular flexibility index (Phi) is 6.88. The van der Waals surface area contributed by atoms with Crippen LogP contribution in [0.4, 0.5) is 17.6 Å². The van der Waals surface area contributed by atoms with Gasteiger partial charge in [0.2, 0.25) is 5.91 Å². The number of aromatic nitrogens is 4. The number of hydrogen-bond acceptors (Lipinski definition) is 4. The Bertz CT molecular complexity index is 1430. The smallest absolute Gasteiger partial charge is 0.354 e. The third-order valence-corrected chi connectivity index (χ3v) is 5.63. The van der Waals surface area contributed by atoms with Gasteiger partial charge in [-0.1, -0.05) is 29.8 Å². The summed E-state index contributed by atoms with van der Waals surface area (Å²) in [5.74, 6) is -1.01. The molecule has 12 heteroatoms. The molecule has 35 heavy (non-hydrogen) atoms. The molecule has 0 radical (unpaired) electrons. The van der Waals surface area contributed by atoms with Gasteiger partial charge in [0, 0.05) is 17.1 Å².